The van der Waals surface area contributed by atoms with Gasteiger partial charge in [0.25, 0.3) is 23.6 Å². The summed E-state index contributed by atoms with van der Waals surface area (Å²) in [6.07, 6.45) is -0.0862. The smallest absolute Gasteiger partial charge is 0.307 e. The Morgan fingerprint density at radius 3 is 0.914 bits per heavy atom. The normalized spacial score (nSPS) is 17.2. The van der Waals surface area contributed by atoms with Crippen LogP contribution >= 0.6 is 0 Å². The fraction of sp³-hybridized carbons (Fsp3) is 0.289. The van der Waals surface area contributed by atoms with Gasteiger partial charge in [-0.1, -0.05) is 84.9 Å². The summed E-state index contributed by atoms with van der Waals surface area (Å²) in [6.45, 7) is 4.59. The van der Waals surface area contributed by atoms with Gasteiger partial charge in [0.15, 0.2) is 0 Å². The number of imide groups is 2. The molecule has 0 aromatic heterocycles. The molecule has 0 bridgehead atoms. The zero-order valence-electron chi connectivity index (χ0n) is 64.2. The molecule has 4 atom stereocenters. The van der Waals surface area contributed by atoms with Gasteiger partial charge >= 0.3 is 11.9 Å². The molecule has 26 nitrogen and oxygen atoms in total. The zero-order chi connectivity index (χ0) is 79.8. The van der Waals surface area contributed by atoms with Crippen LogP contribution in [0.4, 0.5) is 0 Å². The number of hydrogen-bond donors (Lipinski definition) is 0. The predicted molar refractivity (Wildman–Crippen MR) is 425 cm³/mol. The Labute approximate surface area is 666 Å². The van der Waals surface area contributed by atoms with Crippen LogP contribution in [0.1, 0.15) is 65.4 Å². The first-order valence-corrected chi connectivity index (χ1v) is 38.6. The minimum absolute atomic E-state index is 0.00891. The third kappa shape index (κ3) is 15.3. The average molecular weight is 1570 g/mol. The van der Waals surface area contributed by atoms with Crippen molar-refractivity contribution < 1.29 is 95.2 Å². The Morgan fingerprint density at radius 1 is 0.353 bits per heavy atom. The Bertz CT molecular complexity index is 5110. The third-order valence-corrected chi connectivity index (χ3v) is 22.1. The van der Waals surface area contributed by atoms with Gasteiger partial charge in [0.2, 0.25) is 11.8 Å². The van der Waals surface area contributed by atoms with Gasteiger partial charge in [0, 0.05) is 146 Å². The number of piperazine rings is 2. The van der Waals surface area contributed by atoms with Crippen LogP contribution in [-0.2, 0) is 51.0 Å². The number of amides is 6. The van der Waals surface area contributed by atoms with Crippen molar-refractivity contribution >= 4 is 90.5 Å². The van der Waals surface area contributed by atoms with Crippen molar-refractivity contribution in [1.29, 1.82) is 0 Å². The molecule has 26 heteroatoms. The monoisotopic (exact) mass is 1570 g/mol. The van der Waals surface area contributed by atoms with Crippen molar-refractivity contribution in [3.05, 3.63) is 215 Å². The Hall–Kier alpha value is -12.9. The molecule has 4 unspecified atom stereocenters. The number of esters is 2. The molecule has 11 aromatic carbocycles. The maximum absolute atomic E-state index is 16.8. The van der Waals surface area contributed by atoms with E-state index in [1.54, 1.807) is 131 Å². The van der Waals surface area contributed by atoms with Crippen LogP contribution in [0.5, 0.6) is 69.0 Å². The lowest BCUT2D eigenvalue weighted by Crippen LogP contribution is -2.58. The first-order chi connectivity index (χ1) is 56.6. The average Bonchev–Trinajstić information content (AvgIpc) is 0.868. The molecule has 592 valence electrons. The second kappa shape index (κ2) is 32.5. The summed E-state index contributed by atoms with van der Waals surface area (Å²) in [4.78, 5) is 134. The van der Waals surface area contributed by atoms with E-state index in [-0.39, 0.29) is 201 Å². The van der Waals surface area contributed by atoms with E-state index in [4.69, 9.17) is 56.8 Å². The summed E-state index contributed by atoms with van der Waals surface area (Å²) in [7, 11) is 6.04. The molecule has 6 aliphatic rings. The molecule has 17 rings (SSSR count). The van der Waals surface area contributed by atoms with E-state index >= 15 is 28.8 Å². The number of hydrogen-bond acceptors (Lipinski definition) is 22. The van der Waals surface area contributed by atoms with E-state index in [0.29, 0.717) is 86.6 Å². The van der Waals surface area contributed by atoms with Gasteiger partial charge in [0.1, 0.15) is 106 Å². The van der Waals surface area contributed by atoms with E-state index in [9.17, 15) is 9.59 Å². The topological polar surface area (TPSA) is 273 Å². The lowest BCUT2D eigenvalue weighted by atomic mass is 9.80. The zero-order valence-corrected chi connectivity index (χ0v) is 64.2. The highest BCUT2D eigenvalue weighted by atomic mass is 16.6. The van der Waals surface area contributed by atoms with Gasteiger partial charge in [-0.15, -0.1) is 0 Å². The molecule has 116 heavy (non-hydrogen) atoms. The van der Waals surface area contributed by atoms with E-state index in [1.165, 1.54) is 28.4 Å². The summed E-state index contributed by atoms with van der Waals surface area (Å²) in [6, 6.07) is 48.8. The highest BCUT2D eigenvalue weighted by Gasteiger charge is 2.48. The van der Waals surface area contributed by atoms with Crippen LogP contribution in [0.15, 0.2) is 182 Å². The molecule has 0 N–H and O–H groups in total. The number of methoxy groups -OCH3 is 4. The fourth-order valence-corrected chi connectivity index (χ4v) is 16.0. The Balaban J connectivity index is 0.897. The van der Waals surface area contributed by atoms with Crippen LogP contribution in [0, 0.1) is 0 Å². The highest BCUT2D eigenvalue weighted by molar-refractivity contribution is 6.45. The van der Waals surface area contributed by atoms with Crippen molar-refractivity contribution in [2.45, 2.75) is 50.0 Å². The highest BCUT2D eigenvalue weighted by Crippen LogP contribution is 2.58. The molecule has 11 aromatic rings. The molecule has 6 heterocycles. The van der Waals surface area contributed by atoms with Crippen molar-refractivity contribution in [3.63, 3.8) is 0 Å². The second-order valence-corrected chi connectivity index (χ2v) is 29.3. The maximum atomic E-state index is 16.8. The van der Waals surface area contributed by atoms with Gasteiger partial charge in [-0.3, -0.25) is 58.0 Å². The van der Waals surface area contributed by atoms with Crippen molar-refractivity contribution in [2.24, 2.45) is 0 Å². The second-order valence-electron chi connectivity index (χ2n) is 29.3. The minimum atomic E-state index is -1.45. The van der Waals surface area contributed by atoms with Crippen LogP contribution in [0.2, 0.25) is 0 Å². The number of fused-ring (bicyclic) bond motifs is 2. The van der Waals surface area contributed by atoms with Crippen LogP contribution in [0.3, 0.4) is 0 Å². The molecule has 0 saturated carbocycles. The molecule has 0 aliphatic carbocycles. The van der Waals surface area contributed by atoms with Gasteiger partial charge in [-0.2, -0.15) is 0 Å². The number of epoxide rings is 2. The van der Waals surface area contributed by atoms with Gasteiger partial charge < -0.3 is 66.6 Å². The van der Waals surface area contributed by atoms with Gasteiger partial charge in [-0.25, -0.2) is 0 Å². The molecule has 0 radical (unpaired) electrons. The van der Waals surface area contributed by atoms with E-state index < -0.39 is 47.5 Å². The van der Waals surface area contributed by atoms with E-state index in [0.717, 1.165) is 9.80 Å². The quantitative estimate of drug-likeness (QED) is 0.0133. The van der Waals surface area contributed by atoms with Crippen LogP contribution < -0.4 is 37.9 Å². The fourth-order valence-electron chi connectivity index (χ4n) is 16.0. The molecule has 4 saturated heterocycles. The summed E-state index contributed by atoms with van der Waals surface area (Å²) in [5.74, 6) is -2.61. The number of ether oxygens (including phenoxy) is 12. The SMILES string of the molecule is COc1cccc(Oc2cc3c4c(cc(Oc5cccc(OC)c5)c5c6c(Oc7cccc(OC)c7)cc7c8c(cc(Oc9cccc(OC)c9)c(c2c45)c86)C(=O)N(C(Cc2ccccc2)C(=O)N2CCN(CCC(=O)OCC4CO4)CC2)C7=O)C(=O)N(C(Cc2ccccc2)C(=O)N2CCN(CCC(=O)OCC4CO4)CC2)C3=O)c1. The molecule has 0 spiro atoms. The lowest BCUT2D eigenvalue weighted by Gasteiger charge is -2.40. The number of carbonyl (C=O) groups excluding carboxylic acids is 8. The number of benzene rings is 11. The molecular weight excluding hydrogens is 1490 g/mol. The lowest BCUT2D eigenvalue weighted by molar-refractivity contribution is -0.145. The van der Waals surface area contributed by atoms with Gasteiger partial charge in [0.05, 0.1) is 76.7 Å². The molecule has 4 fully saturated rings. The first kappa shape index (κ1) is 75.8. The number of rotatable bonds is 30. The maximum Gasteiger partial charge on any atom is 0.307 e. The standard InChI is InChI=1S/C90H82N6O20/c1-105-55-19-11-23-59(41-55)113-71-45-65-77-66(86(100)95(85(65)99)69(39-53-15-7-5-8-16-53)89(103)93-35-31-91(32-36-93)29-27-75(97)111-51-63-49-109-63)47-73(115-61-25-13-21-57(43-61)107-3)81-82-74(116-62-26-14-22-58(44-62)108-4)48-68-78-67(46-72(80(84(78)82)79(71)83(77)81)114-60-24-12-20-56(42-60)106-2)87(101)96(88(68)102)70(40-54-17-9-6-10-18-54)90(104)94-37-33-92(34-38-94)30-28-76(98)112-52-64-50-110-64/h5-26,41-48,63-64,69-70H,27-40,49-52H2,1-4H3. The minimum Gasteiger partial charge on any atom is -0.497 e. The van der Waals surface area contributed by atoms with Crippen LogP contribution in [-0.4, -0.2) is 221 Å². The predicted octanol–water partition coefficient (Wildman–Crippen LogP) is 12.3. The number of carbonyl (C=O) groups is 8. The van der Waals surface area contributed by atoms with Crippen molar-refractivity contribution in [2.75, 3.05) is 120 Å². The van der Waals surface area contributed by atoms with Crippen LogP contribution in [0.25, 0.3) is 43.1 Å². The first-order valence-electron chi connectivity index (χ1n) is 38.6. The Kier molecular flexibility index (Phi) is 21.3. The largest absolute Gasteiger partial charge is 0.497 e. The van der Waals surface area contributed by atoms with Crippen molar-refractivity contribution in [3.8, 4) is 69.0 Å². The molecular formula is C90H82N6O20. The summed E-state index contributed by atoms with van der Waals surface area (Å²) < 4.78 is 73.7. The summed E-state index contributed by atoms with van der Waals surface area (Å²) in [5.41, 5.74) is 1.08. The summed E-state index contributed by atoms with van der Waals surface area (Å²) >= 11 is 0. The van der Waals surface area contributed by atoms with E-state index in [2.05, 4.69) is 9.80 Å². The van der Waals surface area contributed by atoms with E-state index in [1.807, 2.05) is 60.7 Å². The molecule has 6 amide bonds. The van der Waals surface area contributed by atoms with Gasteiger partial charge in [-0.05, 0) is 83.9 Å². The molecule has 6 aliphatic heterocycles. The summed E-state index contributed by atoms with van der Waals surface area (Å²) in [5, 5.41) is 1.38. The van der Waals surface area contributed by atoms with Crippen molar-refractivity contribution in [1.82, 2.24) is 29.4 Å². The Morgan fingerprint density at radius 2 is 0.638 bits per heavy atom. The number of nitrogens with zero attached hydrogens (tertiary/aromatic N) is 6. The third-order valence-electron chi connectivity index (χ3n) is 22.1.